The Balaban J connectivity index is 1.72. The standard InChI is InChI=1S/C13H19BrN2O/c14-12-5-4-11(15)10-13(12)17-9-3-8-16-6-1-2-7-16/h4-5,10H,1-3,6-9,15H2. The van der Waals surface area contributed by atoms with Crippen LogP contribution < -0.4 is 10.5 Å². The first kappa shape index (κ1) is 12.7. The van der Waals surface area contributed by atoms with Crippen LogP contribution in [-0.4, -0.2) is 31.1 Å². The van der Waals surface area contributed by atoms with Crippen LogP contribution in [0.25, 0.3) is 0 Å². The number of ether oxygens (including phenoxy) is 1. The molecule has 1 aromatic carbocycles. The van der Waals surface area contributed by atoms with Crippen molar-refractivity contribution in [1.29, 1.82) is 0 Å². The molecule has 2 rings (SSSR count). The highest BCUT2D eigenvalue weighted by Gasteiger charge is 2.10. The Morgan fingerprint density at radius 2 is 2.06 bits per heavy atom. The maximum atomic E-state index is 5.72. The monoisotopic (exact) mass is 298 g/mol. The van der Waals surface area contributed by atoms with Crippen LogP contribution in [0.4, 0.5) is 5.69 Å². The quantitative estimate of drug-likeness (QED) is 0.671. The van der Waals surface area contributed by atoms with Crippen molar-refractivity contribution in [2.45, 2.75) is 19.3 Å². The number of hydrogen-bond acceptors (Lipinski definition) is 3. The van der Waals surface area contributed by atoms with Gasteiger partial charge in [0.2, 0.25) is 0 Å². The van der Waals surface area contributed by atoms with E-state index in [1.54, 1.807) is 0 Å². The molecule has 1 aliphatic rings. The molecule has 0 radical (unpaired) electrons. The van der Waals surface area contributed by atoms with Gasteiger partial charge in [0.05, 0.1) is 11.1 Å². The number of halogens is 1. The highest BCUT2D eigenvalue weighted by Crippen LogP contribution is 2.27. The first-order chi connectivity index (χ1) is 8.25. The highest BCUT2D eigenvalue weighted by molar-refractivity contribution is 9.10. The Kier molecular flexibility index (Phi) is 4.68. The van der Waals surface area contributed by atoms with Crippen molar-refractivity contribution in [1.82, 2.24) is 4.90 Å². The van der Waals surface area contributed by atoms with Crippen molar-refractivity contribution in [3.05, 3.63) is 22.7 Å². The van der Waals surface area contributed by atoms with Crippen molar-refractivity contribution in [3.8, 4) is 5.75 Å². The van der Waals surface area contributed by atoms with Gasteiger partial charge in [-0.3, -0.25) is 0 Å². The number of rotatable bonds is 5. The Hall–Kier alpha value is -0.740. The molecular weight excluding hydrogens is 280 g/mol. The van der Waals surface area contributed by atoms with E-state index in [4.69, 9.17) is 10.5 Å². The molecule has 1 saturated heterocycles. The van der Waals surface area contributed by atoms with E-state index >= 15 is 0 Å². The van der Waals surface area contributed by atoms with E-state index in [0.29, 0.717) is 0 Å². The summed E-state index contributed by atoms with van der Waals surface area (Å²) in [6.07, 6.45) is 3.77. The molecule has 2 N–H and O–H groups in total. The van der Waals surface area contributed by atoms with Gasteiger partial charge in [-0.2, -0.15) is 0 Å². The van der Waals surface area contributed by atoms with E-state index in [2.05, 4.69) is 20.8 Å². The molecule has 1 aliphatic heterocycles. The first-order valence-corrected chi connectivity index (χ1v) is 6.95. The lowest BCUT2D eigenvalue weighted by atomic mass is 10.3. The summed E-state index contributed by atoms with van der Waals surface area (Å²) in [5.41, 5.74) is 6.46. The van der Waals surface area contributed by atoms with Crippen LogP contribution in [0.1, 0.15) is 19.3 Å². The van der Waals surface area contributed by atoms with Crippen molar-refractivity contribution in [2.75, 3.05) is 32.0 Å². The van der Waals surface area contributed by atoms with E-state index in [-0.39, 0.29) is 0 Å². The van der Waals surface area contributed by atoms with Gasteiger partial charge in [-0.25, -0.2) is 0 Å². The van der Waals surface area contributed by atoms with Crippen LogP contribution in [0.15, 0.2) is 22.7 Å². The summed E-state index contributed by atoms with van der Waals surface area (Å²) >= 11 is 3.46. The first-order valence-electron chi connectivity index (χ1n) is 6.16. The number of nitrogens with two attached hydrogens (primary N) is 1. The highest BCUT2D eigenvalue weighted by atomic mass is 79.9. The lowest BCUT2D eigenvalue weighted by Crippen LogP contribution is -2.21. The Morgan fingerprint density at radius 1 is 1.29 bits per heavy atom. The summed E-state index contributed by atoms with van der Waals surface area (Å²) in [5.74, 6) is 0.839. The molecule has 4 heteroatoms. The Labute approximate surface area is 111 Å². The van der Waals surface area contributed by atoms with Crippen LogP contribution in [0, 0.1) is 0 Å². The third kappa shape index (κ3) is 3.89. The molecular formula is C13H19BrN2O. The van der Waals surface area contributed by atoms with Crippen molar-refractivity contribution in [2.24, 2.45) is 0 Å². The van der Waals surface area contributed by atoms with Crippen LogP contribution in [-0.2, 0) is 0 Å². The van der Waals surface area contributed by atoms with Gasteiger partial charge >= 0.3 is 0 Å². The second kappa shape index (κ2) is 6.26. The SMILES string of the molecule is Nc1ccc(Br)c(OCCCN2CCCC2)c1. The van der Waals surface area contributed by atoms with Crippen LogP contribution in [0.2, 0.25) is 0 Å². The third-order valence-corrected chi connectivity index (χ3v) is 3.69. The summed E-state index contributed by atoms with van der Waals surface area (Å²) < 4.78 is 6.69. The average Bonchev–Trinajstić information content (AvgIpc) is 2.82. The van der Waals surface area contributed by atoms with Gasteiger partial charge in [0.15, 0.2) is 0 Å². The fourth-order valence-corrected chi connectivity index (χ4v) is 2.47. The van der Waals surface area contributed by atoms with E-state index in [1.807, 2.05) is 18.2 Å². The molecule has 0 atom stereocenters. The van der Waals surface area contributed by atoms with E-state index in [1.165, 1.54) is 25.9 Å². The fraction of sp³-hybridized carbons (Fsp3) is 0.538. The van der Waals surface area contributed by atoms with Gasteiger partial charge in [-0.1, -0.05) is 0 Å². The molecule has 0 aromatic heterocycles. The lowest BCUT2D eigenvalue weighted by molar-refractivity contribution is 0.262. The van der Waals surface area contributed by atoms with Gasteiger partial charge in [-0.05, 0) is 60.4 Å². The smallest absolute Gasteiger partial charge is 0.135 e. The zero-order valence-corrected chi connectivity index (χ0v) is 11.6. The molecule has 1 aromatic rings. The molecule has 1 heterocycles. The predicted octanol–water partition coefficient (Wildman–Crippen LogP) is 2.90. The van der Waals surface area contributed by atoms with E-state index in [0.717, 1.165) is 35.5 Å². The fourth-order valence-electron chi connectivity index (χ4n) is 2.11. The molecule has 1 fully saturated rings. The number of nitrogen functional groups attached to an aromatic ring is 1. The summed E-state index contributed by atoms with van der Waals surface area (Å²) in [6, 6.07) is 5.65. The molecule has 3 nitrogen and oxygen atoms in total. The Bertz CT molecular complexity index is 364. The summed E-state index contributed by atoms with van der Waals surface area (Å²) in [7, 11) is 0. The molecule has 0 saturated carbocycles. The Morgan fingerprint density at radius 3 is 2.82 bits per heavy atom. The minimum absolute atomic E-state index is 0.739. The second-order valence-corrected chi connectivity index (χ2v) is 5.29. The average molecular weight is 299 g/mol. The third-order valence-electron chi connectivity index (χ3n) is 3.03. The normalized spacial score (nSPS) is 16.3. The minimum Gasteiger partial charge on any atom is -0.492 e. The van der Waals surface area contributed by atoms with Gasteiger partial charge in [0.25, 0.3) is 0 Å². The van der Waals surface area contributed by atoms with Gasteiger partial charge < -0.3 is 15.4 Å². The zero-order chi connectivity index (χ0) is 12.1. The second-order valence-electron chi connectivity index (χ2n) is 4.44. The van der Waals surface area contributed by atoms with Crippen molar-refractivity contribution in [3.63, 3.8) is 0 Å². The van der Waals surface area contributed by atoms with E-state index < -0.39 is 0 Å². The summed E-state index contributed by atoms with van der Waals surface area (Å²) in [5, 5.41) is 0. The van der Waals surface area contributed by atoms with Crippen LogP contribution in [0.3, 0.4) is 0 Å². The van der Waals surface area contributed by atoms with Crippen LogP contribution in [0.5, 0.6) is 5.75 Å². The topological polar surface area (TPSA) is 38.5 Å². The van der Waals surface area contributed by atoms with Crippen LogP contribution >= 0.6 is 15.9 Å². The molecule has 0 amide bonds. The maximum absolute atomic E-state index is 5.72. The number of benzene rings is 1. The molecule has 0 aliphatic carbocycles. The summed E-state index contributed by atoms with van der Waals surface area (Å²) in [6.45, 7) is 4.39. The number of nitrogens with zero attached hydrogens (tertiary/aromatic N) is 1. The maximum Gasteiger partial charge on any atom is 0.135 e. The minimum atomic E-state index is 0.739. The van der Waals surface area contributed by atoms with Gasteiger partial charge in [-0.15, -0.1) is 0 Å². The molecule has 94 valence electrons. The van der Waals surface area contributed by atoms with Crippen molar-refractivity contribution >= 4 is 21.6 Å². The largest absolute Gasteiger partial charge is 0.492 e. The molecule has 0 spiro atoms. The molecule has 0 bridgehead atoms. The van der Waals surface area contributed by atoms with Gasteiger partial charge in [0.1, 0.15) is 5.75 Å². The number of anilines is 1. The number of likely N-dealkylation sites (tertiary alicyclic amines) is 1. The molecule has 0 unspecified atom stereocenters. The summed E-state index contributed by atoms with van der Waals surface area (Å²) in [4.78, 5) is 2.50. The predicted molar refractivity (Wildman–Crippen MR) is 74.3 cm³/mol. The number of hydrogen-bond donors (Lipinski definition) is 1. The zero-order valence-electron chi connectivity index (χ0n) is 9.99. The van der Waals surface area contributed by atoms with Gasteiger partial charge in [0, 0.05) is 18.3 Å². The van der Waals surface area contributed by atoms with Crippen molar-refractivity contribution < 1.29 is 4.74 Å². The molecule has 17 heavy (non-hydrogen) atoms. The lowest BCUT2D eigenvalue weighted by Gasteiger charge is -2.15. The van der Waals surface area contributed by atoms with E-state index in [9.17, 15) is 0 Å².